The van der Waals surface area contributed by atoms with E-state index >= 15 is 0 Å². The van der Waals surface area contributed by atoms with E-state index in [2.05, 4.69) is 19.9 Å². The third-order valence-corrected chi connectivity index (χ3v) is 3.85. The number of hydrogen-bond donors (Lipinski definition) is 0. The van der Waals surface area contributed by atoms with Gasteiger partial charge >= 0.3 is 0 Å². The first-order valence-electron chi connectivity index (χ1n) is 7.82. The van der Waals surface area contributed by atoms with Gasteiger partial charge in [-0.15, -0.1) is 0 Å². The van der Waals surface area contributed by atoms with Gasteiger partial charge in [0.15, 0.2) is 0 Å². The van der Waals surface area contributed by atoms with E-state index in [1.54, 1.807) is 0 Å². The molecule has 0 aliphatic carbocycles. The lowest BCUT2D eigenvalue weighted by atomic mass is 9.98. The van der Waals surface area contributed by atoms with E-state index in [9.17, 15) is 5.26 Å². The van der Waals surface area contributed by atoms with Crippen molar-refractivity contribution in [2.24, 2.45) is 10.9 Å². The number of hydrogen-bond acceptors (Lipinski definition) is 2. The van der Waals surface area contributed by atoms with Crippen LogP contribution < -0.4 is 0 Å². The molecule has 2 rings (SSSR count). The monoisotopic (exact) mass is 290 g/mol. The lowest BCUT2D eigenvalue weighted by Gasteiger charge is -2.13. The van der Waals surface area contributed by atoms with Crippen LogP contribution in [0, 0.1) is 17.2 Å². The molecule has 22 heavy (non-hydrogen) atoms. The van der Waals surface area contributed by atoms with E-state index in [1.807, 2.05) is 60.7 Å². The van der Waals surface area contributed by atoms with Crippen molar-refractivity contribution < 1.29 is 0 Å². The first-order chi connectivity index (χ1) is 10.7. The quantitative estimate of drug-likeness (QED) is 0.700. The number of rotatable bonds is 6. The molecule has 0 saturated heterocycles. The molecule has 2 aromatic rings. The van der Waals surface area contributed by atoms with Crippen molar-refractivity contribution in [1.82, 2.24) is 0 Å². The van der Waals surface area contributed by atoms with Crippen LogP contribution in [0.25, 0.3) is 0 Å². The maximum absolute atomic E-state index is 9.46. The van der Waals surface area contributed by atoms with E-state index in [1.165, 1.54) is 0 Å². The van der Waals surface area contributed by atoms with Crippen molar-refractivity contribution in [3.63, 3.8) is 0 Å². The summed E-state index contributed by atoms with van der Waals surface area (Å²) in [5.74, 6) is 0.501. The minimum atomic E-state index is -0.301. The van der Waals surface area contributed by atoms with Gasteiger partial charge in [-0.3, -0.25) is 4.99 Å². The highest BCUT2D eigenvalue weighted by Crippen LogP contribution is 2.16. The third kappa shape index (κ3) is 4.30. The zero-order valence-electron chi connectivity index (χ0n) is 13.2. The fraction of sp³-hybridized carbons (Fsp3) is 0.300. The van der Waals surface area contributed by atoms with E-state index < -0.39 is 0 Å². The molecule has 0 fully saturated rings. The Morgan fingerprint density at radius 3 is 1.91 bits per heavy atom. The van der Waals surface area contributed by atoms with Gasteiger partial charge in [0.2, 0.25) is 0 Å². The zero-order chi connectivity index (χ0) is 15.8. The Morgan fingerprint density at radius 1 is 1.00 bits per heavy atom. The van der Waals surface area contributed by atoms with Crippen LogP contribution in [0.5, 0.6) is 0 Å². The fourth-order valence-electron chi connectivity index (χ4n) is 2.35. The molecule has 2 nitrogen and oxygen atoms in total. The van der Waals surface area contributed by atoms with Crippen LogP contribution in [0.15, 0.2) is 65.7 Å². The lowest BCUT2D eigenvalue weighted by Crippen LogP contribution is -2.13. The van der Waals surface area contributed by atoms with Crippen LogP contribution in [-0.2, 0) is 0 Å². The highest BCUT2D eigenvalue weighted by Gasteiger charge is 2.13. The molecule has 0 aliphatic heterocycles. The second kappa shape index (κ2) is 8.14. The van der Waals surface area contributed by atoms with Crippen molar-refractivity contribution in [3.05, 3.63) is 71.8 Å². The number of aliphatic imine (C=N–C) groups is 1. The molecule has 0 N–H and O–H groups in total. The molecular formula is C20H22N2. The third-order valence-electron chi connectivity index (χ3n) is 3.85. The van der Waals surface area contributed by atoms with E-state index in [0.717, 1.165) is 29.7 Å². The summed E-state index contributed by atoms with van der Waals surface area (Å²) in [6.07, 6.45) is 1.87. The van der Waals surface area contributed by atoms with E-state index in [-0.39, 0.29) is 6.04 Å². The minimum absolute atomic E-state index is 0.301. The van der Waals surface area contributed by atoms with Crippen molar-refractivity contribution in [1.29, 1.82) is 5.26 Å². The van der Waals surface area contributed by atoms with Crippen molar-refractivity contribution in [3.8, 4) is 6.07 Å². The van der Waals surface area contributed by atoms with Crippen LogP contribution in [0.2, 0.25) is 0 Å². The molecule has 0 radical (unpaired) electrons. The largest absolute Gasteiger partial charge is 0.266 e. The van der Waals surface area contributed by atoms with Crippen molar-refractivity contribution >= 4 is 5.71 Å². The van der Waals surface area contributed by atoms with Crippen LogP contribution >= 0.6 is 0 Å². The average molecular weight is 290 g/mol. The molecule has 0 heterocycles. The molecule has 0 aliphatic rings. The Morgan fingerprint density at radius 2 is 1.50 bits per heavy atom. The predicted molar refractivity (Wildman–Crippen MR) is 92.0 cm³/mol. The van der Waals surface area contributed by atoms with E-state index in [4.69, 9.17) is 4.99 Å². The highest BCUT2D eigenvalue weighted by molar-refractivity contribution is 6.13. The van der Waals surface area contributed by atoms with Gasteiger partial charge in [-0.25, -0.2) is 0 Å². The standard InChI is InChI=1S/C20H22N2/c1-3-16(2)14-19(15-21)22-20(17-10-6-4-7-11-17)18-12-8-5-9-13-18/h4-13,16,19H,3,14H2,1-2H3/t16-,19?/m0/s1. The highest BCUT2D eigenvalue weighted by atomic mass is 14.8. The van der Waals surface area contributed by atoms with Crippen LogP contribution in [0.3, 0.4) is 0 Å². The summed E-state index contributed by atoms with van der Waals surface area (Å²) in [5.41, 5.74) is 3.01. The topological polar surface area (TPSA) is 36.1 Å². The number of benzene rings is 2. The molecule has 0 spiro atoms. The van der Waals surface area contributed by atoms with Gasteiger partial charge in [0, 0.05) is 11.1 Å². The molecule has 0 saturated carbocycles. The van der Waals surface area contributed by atoms with Crippen LogP contribution in [-0.4, -0.2) is 11.8 Å². The summed E-state index contributed by atoms with van der Waals surface area (Å²) in [7, 11) is 0. The number of nitriles is 1. The average Bonchev–Trinajstić information content (AvgIpc) is 2.59. The molecule has 0 bridgehead atoms. The molecule has 1 unspecified atom stereocenters. The van der Waals surface area contributed by atoms with Crippen molar-refractivity contribution in [2.75, 3.05) is 0 Å². The summed E-state index contributed by atoms with van der Waals surface area (Å²) in [5, 5.41) is 9.46. The summed E-state index contributed by atoms with van der Waals surface area (Å²) in [6.45, 7) is 4.32. The maximum atomic E-state index is 9.46. The Kier molecular flexibility index (Phi) is 5.91. The van der Waals surface area contributed by atoms with Gasteiger partial charge in [-0.1, -0.05) is 80.9 Å². The molecular weight excluding hydrogens is 268 g/mol. The first kappa shape index (κ1) is 16.0. The Labute approximate surface area is 133 Å². The van der Waals surface area contributed by atoms with Gasteiger partial charge in [0.25, 0.3) is 0 Å². The summed E-state index contributed by atoms with van der Waals surface area (Å²) in [6, 6.07) is 22.2. The number of nitrogens with zero attached hydrogens (tertiary/aromatic N) is 2. The smallest absolute Gasteiger partial charge is 0.137 e. The Balaban J connectivity index is 2.40. The molecule has 2 heteroatoms. The summed E-state index contributed by atoms with van der Waals surface area (Å²) < 4.78 is 0. The SMILES string of the molecule is CC[C@H](C)CC(C#N)N=C(c1ccccc1)c1ccccc1. The van der Waals surface area contributed by atoms with Gasteiger partial charge in [-0.05, 0) is 12.3 Å². The molecule has 0 aromatic heterocycles. The molecule has 2 atom stereocenters. The molecule has 112 valence electrons. The molecule has 0 amide bonds. The van der Waals surface area contributed by atoms with Crippen LogP contribution in [0.1, 0.15) is 37.8 Å². The Bertz CT molecular complexity index is 597. The first-order valence-corrected chi connectivity index (χ1v) is 7.82. The van der Waals surface area contributed by atoms with Crippen molar-refractivity contribution in [2.45, 2.75) is 32.7 Å². The summed E-state index contributed by atoms with van der Waals surface area (Å²) in [4.78, 5) is 4.78. The Hall–Kier alpha value is -2.40. The minimum Gasteiger partial charge on any atom is -0.266 e. The maximum Gasteiger partial charge on any atom is 0.137 e. The van der Waals surface area contributed by atoms with Crippen LogP contribution in [0.4, 0.5) is 0 Å². The predicted octanol–water partition coefficient (Wildman–Crippen LogP) is 4.85. The second-order valence-electron chi connectivity index (χ2n) is 5.60. The zero-order valence-corrected chi connectivity index (χ0v) is 13.2. The van der Waals surface area contributed by atoms with Gasteiger partial charge in [0.05, 0.1) is 11.8 Å². The lowest BCUT2D eigenvalue weighted by molar-refractivity contribution is 0.493. The van der Waals surface area contributed by atoms with Gasteiger partial charge in [0.1, 0.15) is 6.04 Å². The summed E-state index contributed by atoms with van der Waals surface area (Å²) >= 11 is 0. The molecule has 2 aromatic carbocycles. The van der Waals surface area contributed by atoms with Gasteiger partial charge < -0.3 is 0 Å². The second-order valence-corrected chi connectivity index (χ2v) is 5.60. The fourth-order valence-corrected chi connectivity index (χ4v) is 2.35. The normalized spacial score (nSPS) is 13.0. The van der Waals surface area contributed by atoms with Gasteiger partial charge in [-0.2, -0.15) is 5.26 Å². The van der Waals surface area contributed by atoms with E-state index in [0.29, 0.717) is 5.92 Å².